The van der Waals surface area contributed by atoms with Gasteiger partial charge in [-0.2, -0.15) is 5.14 Å². The quantitative estimate of drug-likeness (QED) is 0.642. The summed E-state index contributed by atoms with van der Waals surface area (Å²) in [6, 6.07) is 4.88. The third kappa shape index (κ3) is 4.38. The van der Waals surface area contributed by atoms with Gasteiger partial charge in [-0.05, 0) is 56.2 Å². The van der Waals surface area contributed by atoms with Gasteiger partial charge < -0.3 is 4.55 Å². The van der Waals surface area contributed by atoms with Gasteiger partial charge in [0.1, 0.15) is 10.6 Å². The summed E-state index contributed by atoms with van der Waals surface area (Å²) in [6.45, 7) is 5.85. The number of rotatable bonds is 6. The molecular weight excluding hydrogens is 281 g/mol. The molecule has 0 saturated carbocycles. The molecule has 1 aromatic carbocycles. The van der Waals surface area contributed by atoms with E-state index in [2.05, 4.69) is 6.92 Å². The lowest BCUT2D eigenvalue weighted by Gasteiger charge is -2.29. The number of halogens is 1. The fraction of sp³-hybridized carbons (Fsp3) is 0.571. The molecule has 0 heterocycles. The van der Waals surface area contributed by atoms with E-state index in [0.29, 0.717) is 6.42 Å². The average Bonchev–Trinajstić information content (AvgIpc) is 2.35. The first-order chi connectivity index (χ1) is 8.81. The van der Waals surface area contributed by atoms with Crippen LogP contribution in [0.5, 0.6) is 0 Å². The topological polar surface area (TPSA) is 49.1 Å². The number of hydrogen-bond donors (Lipinski definition) is 1. The van der Waals surface area contributed by atoms with Crippen LogP contribution in [0.1, 0.15) is 45.1 Å². The summed E-state index contributed by atoms with van der Waals surface area (Å²) in [4.78, 5) is 1.08. The van der Waals surface area contributed by atoms with Crippen molar-refractivity contribution in [2.45, 2.75) is 49.2 Å². The van der Waals surface area contributed by atoms with Crippen molar-refractivity contribution in [2.24, 2.45) is 5.14 Å². The SMILES string of the molecule is CC[C@H](CC(C)(C)[S+](N)[O-])c1cc(F)ccc1SC. The largest absolute Gasteiger partial charge is 0.598 e. The Labute approximate surface area is 122 Å². The van der Waals surface area contributed by atoms with Crippen LogP contribution in [0.25, 0.3) is 0 Å². The van der Waals surface area contributed by atoms with Crippen LogP contribution in [-0.2, 0) is 11.4 Å². The van der Waals surface area contributed by atoms with Crippen molar-refractivity contribution >= 4 is 23.1 Å². The van der Waals surface area contributed by atoms with E-state index in [-0.39, 0.29) is 11.7 Å². The van der Waals surface area contributed by atoms with Gasteiger partial charge in [0.25, 0.3) is 0 Å². The van der Waals surface area contributed by atoms with Crippen molar-refractivity contribution in [2.75, 3.05) is 6.26 Å². The third-order valence-electron chi connectivity index (χ3n) is 3.41. The minimum absolute atomic E-state index is 0.167. The van der Waals surface area contributed by atoms with Crippen LogP contribution in [0.4, 0.5) is 4.39 Å². The average molecular weight is 303 g/mol. The summed E-state index contributed by atoms with van der Waals surface area (Å²) >= 11 is 0.222. The molecule has 108 valence electrons. The van der Waals surface area contributed by atoms with Gasteiger partial charge in [0.15, 0.2) is 0 Å². The highest BCUT2D eigenvalue weighted by atomic mass is 32.2. The molecule has 1 unspecified atom stereocenters. The molecule has 2 nitrogen and oxygen atoms in total. The summed E-state index contributed by atoms with van der Waals surface area (Å²) in [5.74, 6) is -0.0569. The van der Waals surface area contributed by atoms with E-state index in [9.17, 15) is 8.94 Å². The number of thioether (sulfide) groups is 1. The molecule has 2 N–H and O–H groups in total. The molecule has 0 spiro atoms. The third-order valence-corrected chi connectivity index (χ3v) is 5.47. The van der Waals surface area contributed by atoms with Crippen LogP contribution in [0.15, 0.2) is 23.1 Å². The lowest BCUT2D eigenvalue weighted by Crippen LogP contribution is -2.39. The number of nitrogens with two attached hydrogens (primary N) is 1. The highest BCUT2D eigenvalue weighted by molar-refractivity contribution is 7.98. The Morgan fingerprint density at radius 3 is 2.58 bits per heavy atom. The molecule has 0 aliphatic heterocycles. The fourth-order valence-corrected chi connectivity index (χ4v) is 3.20. The fourth-order valence-electron chi connectivity index (χ4n) is 2.17. The van der Waals surface area contributed by atoms with E-state index in [1.54, 1.807) is 17.8 Å². The second-order valence-corrected chi connectivity index (χ2v) is 7.80. The Kier molecular flexibility index (Phi) is 6.17. The summed E-state index contributed by atoms with van der Waals surface area (Å²) in [7, 11) is 0. The van der Waals surface area contributed by atoms with Gasteiger partial charge >= 0.3 is 0 Å². The minimum atomic E-state index is -1.39. The van der Waals surface area contributed by atoms with Crippen molar-refractivity contribution < 1.29 is 8.94 Å². The lowest BCUT2D eigenvalue weighted by atomic mass is 9.88. The molecule has 0 aliphatic carbocycles. The molecule has 2 atom stereocenters. The standard InChI is InChI=1S/C14H22FNOS2/c1-5-10(9-14(2,3)19(16)17)12-8-11(15)6-7-13(12)18-4/h6-8,10H,5,9,16H2,1-4H3/t10-,19?/m1/s1. The lowest BCUT2D eigenvalue weighted by molar-refractivity contribution is 0.474. The molecule has 19 heavy (non-hydrogen) atoms. The van der Waals surface area contributed by atoms with E-state index in [4.69, 9.17) is 5.14 Å². The van der Waals surface area contributed by atoms with Gasteiger partial charge in [0, 0.05) is 22.7 Å². The summed E-state index contributed by atoms with van der Waals surface area (Å²) in [6.07, 6.45) is 3.54. The van der Waals surface area contributed by atoms with Gasteiger partial charge in [0.2, 0.25) is 0 Å². The highest BCUT2D eigenvalue weighted by Gasteiger charge is 2.33. The molecule has 0 fully saturated rings. The van der Waals surface area contributed by atoms with Gasteiger partial charge in [0.05, 0.1) is 0 Å². The van der Waals surface area contributed by atoms with Crippen LogP contribution in [0.2, 0.25) is 0 Å². The zero-order chi connectivity index (χ0) is 14.6. The first-order valence-electron chi connectivity index (χ1n) is 6.31. The van der Waals surface area contributed by atoms with Crippen LogP contribution >= 0.6 is 11.8 Å². The van der Waals surface area contributed by atoms with E-state index < -0.39 is 16.1 Å². The van der Waals surface area contributed by atoms with Crippen LogP contribution in [0.3, 0.4) is 0 Å². The molecule has 0 bridgehead atoms. The molecule has 0 saturated heterocycles. The Morgan fingerprint density at radius 2 is 2.11 bits per heavy atom. The predicted molar refractivity (Wildman–Crippen MR) is 82.2 cm³/mol. The molecule has 1 rings (SSSR count). The second-order valence-electron chi connectivity index (χ2n) is 5.25. The van der Waals surface area contributed by atoms with Crippen LogP contribution < -0.4 is 5.14 Å². The smallest absolute Gasteiger partial charge is 0.140 e. The van der Waals surface area contributed by atoms with Gasteiger partial charge in [-0.15, -0.1) is 11.8 Å². The normalized spacial score (nSPS) is 15.3. The molecule has 0 radical (unpaired) electrons. The van der Waals surface area contributed by atoms with Crippen molar-refractivity contribution in [1.82, 2.24) is 0 Å². The molecular formula is C14H22FNOS2. The van der Waals surface area contributed by atoms with E-state index in [1.807, 2.05) is 26.2 Å². The summed E-state index contributed by atoms with van der Waals surface area (Å²) in [5, 5.41) is 5.54. The first-order valence-corrected chi connectivity index (χ1v) is 8.75. The maximum absolute atomic E-state index is 13.5. The van der Waals surface area contributed by atoms with Crippen molar-refractivity contribution in [3.8, 4) is 0 Å². The van der Waals surface area contributed by atoms with Crippen molar-refractivity contribution in [3.05, 3.63) is 29.6 Å². The molecule has 0 aromatic heterocycles. The highest BCUT2D eigenvalue weighted by Crippen LogP contribution is 2.37. The molecule has 1 aromatic rings. The monoisotopic (exact) mass is 303 g/mol. The van der Waals surface area contributed by atoms with Crippen LogP contribution in [0, 0.1) is 5.82 Å². The number of benzene rings is 1. The van der Waals surface area contributed by atoms with Crippen molar-refractivity contribution in [1.29, 1.82) is 0 Å². The first kappa shape index (κ1) is 16.8. The van der Waals surface area contributed by atoms with Gasteiger partial charge in [-0.25, -0.2) is 4.39 Å². The van der Waals surface area contributed by atoms with E-state index >= 15 is 0 Å². The molecule has 5 heteroatoms. The Bertz CT molecular complexity index is 424. The molecule has 0 aliphatic rings. The second kappa shape index (κ2) is 6.97. The Morgan fingerprint density at radius 1 is 1.47 bits per heavy atom. The summed E-state index contributed by atoms with van der Waals surface area (Å²) < 4.78 is 24.6. The van der Waals surface area contributed by atoms with Crippen LogP contribution in [-0.4, -0.2) is 15.6 Å². The Balaban J connectivity index is 3.06. The summed E-state index contributed by atoms with van der Waals surface area (Å²) in [5.41, 5.74) is 0.994. The zero-order valence-corrected chi connectivity index (χ0v) is 13.5. The zero-order valence-electron chi connectivity index (χ0n) is 11.9. The van der Waals surface area contributed by atoms with Crippen molar-refractivity contribution in [3.63, 3.8) is 0 Å². The number of hydrogen-bond acceptors (Lipinski definition) is 3. The predicted octanol–water partition coefficient (Wildman–Crippen LogP) is 3.83. The minimum Gasteiger partial charge on any atom is -0.598 e. The van der Waals surface area contributed by atoms with E-state index in [0.717, 1.165) is 16.9 Å². The maximum Gasteiger partial charge on any atom is 0.140 e. The van der Waals surface area contributed by atoms with E-state index in [1.165, 1.54) is 6.07 Å². The van der Waals surface area contributed by atoms with Gasteiger partial charge in [-0.3, -0.25) is 0 Å². The van der Waals surface area contributed by atoms with Gasteiger partial charge in [-0.1, -0.05) is 6.92 Å². The molecule has 0 amide bonds. The Hall–Kier alpha value is -0.230. The maximum atomic E-state index is 13.5.